The number of carbonyl (C=O) groups is 1. The molecule has 0 spiro atoms. The molecule has 0 unspecified atom stereocenters. The Hall–Kier alpha value is -3.49. The number of aromatic nitrogens is 3. The van der Waals surface area contributed by atoms with Crippen molar-refractivity contribution in [3.63, 3.8) is 0 Å². The summed E-state index contributed by atoms with van der Waals surface area (Å²) in [5.41, 5.74) is 0.870. The summed E-state index contributed by atoms with van der Waals surface area (Å²) in [5, 5.41) is 11.2. The third-order valence-electron chi connectivity index (χ3n) is 6.66. The number of aryl methyl sites for hydroxylation is 1. The fourth-order valence-corrected chi connectivity index (χ4v) is 5.00. The maximum Gasteiger partial charge on any atom is 0.420 e. The van der Waals surface area contributed by atoms with Crippen LogP contribution in [0, 0.1) is 5.82 Å². The molecule has 2 aliphatic rings. The first kappa shape index (κ1) is 23.3. The molecular formula is C26H29FN4O4. The molecule has 2 aromatic heterocycles. The van der Waals surface area contributed by atoms with Gasteiger partial charge in [-0.2, -0.15) is 0 Å². The van der Waals surface area contributed by atoms with Crippen LogP contribution in [0.4, 0.5) is 4.39 Å². The fourth-order valence-electron chi connectivity index (χ4n) is 5.00. The van der Waals surface area contributed by atoms with Gasteiger partial charge in [-0.3, -0.25) is 9.78 Å². The van der Waals surface area contributed by atoms with Crippen LogP contribution in [0.5, 0.6) is 17.6 Å². The second-order valence-electron chi connectivity index (χ2n) is 10.1. The summed E-state index contributed by atoms with van der Waals surface area (Å²) in [6.45, 7) is 5.66. The minimum Gasteiger partial charge on any atom is -0.484 e. The van der Waals surface area contributed by atoms with Crippen molar-refractivity contribution in [3.8, 4) is 17.6 Å². The van der Waals surface area contributed by atoms with Gasteiger partial charge < -0.3 is 19.2 Å². The van der Waals surface area contributed by atoms with Gasteiger partial charge in [0, 0.05) is 23.2 Å². The highest BCUT2D eigenvalue weighted by Gasteiger charge is 2.53. The second-order valence-corrected chi connectivity index (χ2v) is 10.1. The Kier molecular flexibility index (Phi) is 5.94. The molecule has 1 aromatic carbocycles. The smallest absolute Gasteiger partial charge is 0.420 e. The SMILES string of the molecule is CCc1ccc(OCC(=O)NC2(C)CC(C)(c3nnc(Oc4ccc(C5CC5)nc4)o3)C2)cc1F. The molecule has 35 heavy (non-hydrogen) atoms. The van der Waals surface area contributed by atoms with E-state index in [-0.39, 0.29) is 29.8 Å². The summed E-state index contributed by atoms with van der Waals surface area (Å²) >= 11 is 0. The zero-order valence-corrected chi connectivity index (χ0v) is 20.1. The predicted octanol–water partition coefficient (Wildman–Crippen LogP) is 4.84. The summed E-state index contributed by atoms with van der Waals surface area (Å²) in [4.78, 5) is 16.9. The van der Waals surface area contributed by atoms with Crippen LogP contribution in [0.15, 0.2) is 40.9 Å². The van der Waals surface area contributed by atoms with E-state index in [1.807, 2.05) is 32.9 Å². The normalized spacial score (nSPS) is 23.4. The van der Waals surface area contributed by atoms with Gasteiger partial charge in [-0.15, -0.1) is 5.10 Å². The Morgan fingerprint density at radius 1 is 1.17 bits per heavy atom. The van der Waals surface area contributed by atoms with E-state index in [9.17, 15) is 9.18 Å². The van der Waals surface area contributed by atoms with Crippen LogP contribution in [-0.2, 0) is 16.6 Å². The molecule has 8 nitrogen and oxygen atoms in total. The van der Waals surface area contributed by atoms with Crippen LogP contribution in [0.2, 0.25) is 0 Å². The van der Waals surface area contributed by atoms with Crippen molar-refractivity contribution in [1.29, 1.82) is 0 Å². The molecule has 2 fully saturated rings. The molecule has 1 amide bonds. The Balaban J connectivity index is 1.12. The summed E-state index contributed by atoms with van der Waals surface area (Å²) in [7, 11) is 0. The van der Waals surface area contributed by atoms with Crippen LogP contribution in [0.1, 0.15) is 69.5 Å². The maximum absolute atomic E-state index is 13.9. The van der Waals surface area contributed by atoms with Gasteiger partial charge >= 0.3 is 6.08 Å². The minimum absolute atomic E-state index is 0.0644. The van der Waals surface area contributed by atoms with Crippen molar-refractivity contribution in [2.75, 3.05) is 6.61 Å². The van der Waals surface area contributed by atoms with E-state index in [2.05, 4.69) is 20.5 Å². The van der Waals surface area contributed by atoms with E-state index in [0.29, 0.717) is 48.1 Å². The molecule has 184 valence electrons. The van der Waals surface area contributed by atoms with Gasteiger partial charge in [0.2, 0.25) is 5.89 Å². The summed E-state index contributed by atoms with van der Waals surface area (Å²) < 4.78 is 30.8. The van der Waals surface area contributed by atoms with Gasteiger partial charge in [-0.1, -0.05) is 25.0 Å². The molecular weight excluding hydrogens is 451 g/mol. The van der Waals surface area contributed by atoms with Crippen molar-refractivity contribution in [2.24, 2.45) is 0 Å². The first-order valence-corrected chi connectivity index (χ1v) is 12.0. The van der Waals surface area contributed by atoms with E-state index >= 15 is 0 Å². The number of ether oxygens (including phenoxy) is 2. The van der Waals surface area contributed by atoms with Crippen LogP contribution >= 0.6 is 0 Å². The zero-order chi connectivity index (χ0) is 24.6. The van der Waals surface area contributed by atoms with Crippen LogP contribution < -0.4 is 14.8 Å². The van der Waals surface area contributed by atoms with Gasteiger partial charge in [-0.25, -0.2) is 4.39 Å². The molecule has 0 aliphatic heterocycles. The van der Waals surface area contributed by atoms with Gasteiger partial charge in [0.25, 0.3) is 5.91 Å². The molecule has 0 bridgehead atoms. The molecule has 0 atom stereocenters. The van der Waals surface area contributed by atoms with Crippen molar-refractivity contribution in [2.45, 2.75) is 69.7 Å². The molecule has 2 saturated carbocycles. The minimum atomic E-state index is -0.440. The van der Waals surface area contributed by atoms with Crippen LogP contribution in [0.3, 0.4) is 0 Å². The van der Waals surface area contributed by atoms with Gasteiger partial charge in [0.15, 0.2) is 12.4 Å². The standard InChI is InChI=1S/C26H29FN4O4/c1-4-16-7-8-18(11-20(16)27)33-13-22(32)29-26(3)14-25(2,15-26)23-30-31-24(35-23)34-19-9-10-21(28-12-19)17-5-6-17/h7-12,17H,4-6,13-15H2,1-3H3,(H,29,32). The summed E-state index contributed by atoms with van der Waals surface area (Å²) in [6, 6.07) is 8.47. The lowest BCUT2D eigenvalue weighted by molar-refractivity contribution is -0.127. The molecule has 0 radical (unpaired) electrons. The van der Waals surface area contributed by atoms with Crippen molar-refractivity contribution in [1.82, 2.24) is 20.5 Å². The number of pyridine rings is 1. The lowest BCUT2D eigenvalue weighted by atomic mass is 9.59. The number of rotatable bonds is 9. The highest BCUT2D eigenvalue weighted by atomic mass is 19.1. The van der Waals surface area contributed by atoms with Crippen LogP contribution in [0.25, 0.3) is 0 Å². The average Bonchev–Trinajstić information content (AvgIpc) is 3.55. The van der Waals surface area contributed by atoms with Crippen molar-refractivity contribution in [3.05, 3.63) is 59.5 Å². The highest BCUT2D eigenvalue weighted by Crippen LogP contribution is 2.49. The van der Waals surface area contributed by atoms with Crippen molar-refractivity contribution < 1.29 is 23.1 Å². The quantitative estimate of drug-likeness (QED) is 0.468. The second kappa shape index (κ2) is 8.94. The maximum atomic E-state index is 13.9. The molecule has 0 saturated heterocycles. The van der Waals surface area contributed by atoms with E-state index < -0.39 is 5.54 Å². The number of nitrogens with one attached hydrogen (secondary N) is 1. The number of benzene rings is 1. The van der Waals surface area contributed by atoms with E-state index in [0.717, 1.165) is 5.69 Å². The molecule has 3 aromatic rings. The third kappa shape index (κ3) is 5.13. The topological polar surface area (TPSA) is 99.4 Å². The largest absolute Gasteiger partial charge is 0.484 e. The van der Waals surface area contributed by atoms with E-state index in [1.54, 1.807) is 18.3 Å². The molecule has 2 aliphatic carbocycles. The Bertz CT molecular complexity index is 1220. The van der Waals surface area contributed by atoms with Gasteiger partial charge in [-0.05, 0) is 62.8 Å². The molecule has 2 heterocycles. The molecule has 9 heteroatoms. The number of carbonyl (C=O) groups excluding carboxylic acids is 1. The number of hydrogen-bond acceptors (Lipinski definition) is 7. The molecule has 5 rings (SSSR count). The zero-order valence-electron chi connectivity index (χ0n) is 20.1. The first-order chi connectivity index (χ1) is 16.7. The lowest BCUT2D eigenvalue weighted by Crippen LogP contribution is -2.61. The number of halogens is 1. The Labute approximate surface area is 203 Å². The Morgan fingerprint density at radius 2 is 1.94 bits per heavy atom. The van der Waals surface area contributed by atoms with Crippen molar-refractivity contribution >= 4 is 5.91 Å². The number of amides is 1. The Morgan fingerprint density at radius 3 is 2.60 bits per heavy atom. The van der Waals surface area contributed by atoms with Gasteiger partial charge in [0.1, 0.15) is 11.6 Å². The lowest BCUT2D eigenvalue weighted by Gasteiger charge is -2.51. The monoisotopic (exact) mass is 480 g/mol. The third-order valence-corrected chi connectivity index (χ3v) is 6.66. The number of hydrogen-bond donors (Lipinski definition) is 1. The van der Waals surface area contributed by atoms with Crippen LogP contribution in [-0.4, -0.2) is 33.2 Å². The highest BCUT2D eigenvalue weighted by molar-refractivity contribution is 5.78. The number of nitrogens with zero attached hydrogens (tertiary/aromatic N) is 3. The van der Waals surface area contributed by atoms with Gasteiger partial charge in [0.05, 0.1) is 11.6 Å². The molecule has 1 N–H and O–H groups in total. The summed E-state index contributed by atoms with van der Waals surface area (Å²) in [5.74, 6) is 1.31. The first-order valence-electron chi connectivity index (χ1n) is 12.0. The summed E-state index contributed by atoms with van der Waals surface area (Å²) in [6.07, 6.45) is 5.95. The average molecular weight is 481 g/mol. The van der Waals surface area contributed by atoms with E-state index in [1.165, 1.54) is 18.9 Å². The van der Waals surface area contributed by atoms with E-state index in [4.69, 9.17) is 13.9 Å². The fraction of sp³-hybridized carbons (Fsp3) is 0.462. The predicted molar refractivity (Wildman–Crippen MR) is 125 cm³/mol.